The predicted molar refractivity (Wildman–Crippen MR) is 93.3 cm³/mol. The van der Waals surface area contributed by atoms with Crippen molar-refractivity contribution in [2.75, 3.05) is 0 Å². The molecule has 0 radical (unpaired) electrons. The Hall–Kier alpha value is 0.756. The summed E-state index contributed by atoms with van der Waals surface area (Å²) in [7, 11) is -4.25. The molecule has 0 aromatic heterocycles. The van der Waals surface area contributed by atoms with Gasteiger partial charge in [-0.3, -0.25) is 0 Å². The van der Waals surface area contributed by atoms with E-state index in [1.165, 1.54) is 19.3 Å². The zero-order valence-corrected chi connectivity index (χ0v) is 19.8. The molecule has 7 heteroatoms. The van der Waals surface area contributed by atoms with E-state index in [-0.39, 0.29) is 64.2 Å². The summed E-state index contributed by atoms with van der Waals surface area (Å²) < 4.78 is 33.9. The van der Waals surface area contributed by atoms with E-state index in [4.69, 9.17) is 0 Å². The van der Waals surface area contributed by atoms with Crippen LogP contribution in [0.25, 0.3) is 0 Å². The summed E-state index contributed by atoms with van der Waals surface area (Å²) in [6, 6.07) is 0. The summed E-state index contributed by atoms with van der Waals surface area (Å²) in [4.78, 5) is 10.3. The Morgan fingerprint density at radius 2 is 1.56 bits per heavy atom. The van der Waals surface area contributed by atoms with E-state index in [1.807, 2.05) is 6.08 Å². The van der Waals surface area contributed by atoms with E-state index in [9.17, 15) is 22.9 Å². The average Bonchev–Trinajstić information content (AvgIpc) is 2.49. The summed E-state index contributed by atoms with van der Waals surface area (Å²) in [5, 5.41) is 9.43. The van der Waals surface area contributed by atoms with Gasteiger partial charge in [0.05, 0.1) is 15.4 Å². The first-order chi connectivity index (χ1) is 11.4. The molecular weight excluding hydrogens is 367 g/mol. The molecule has 0 aromatic rings. The number of carboxylic acids is 1. The number of unbranched alkanes of at least 4 members (excludes halogenated alkanes) is 8. The van der Waals surface area contributed by atoms with E-state index in [0.717, 1.165) is 38.5 Å². The Morgan fingerprint density at radius 1 is 0.960 bits per heavy atom. The Balaban J connectivity index is 0. The fourth-order valence-corrected chi connectivity index (χ4v) is 3.41. The Morgan fingerprint density at radius 3 is 2.16 bits per heavy atom. The molecule has 0 aliphatic heterocycles. The first-order valence-electron chi connectivity index (χ1n) is 9.17. The second-order valence-electron chi connectivity index (χ2n) is 6.35. The molecule has 25 heavy (non-hydrogen) atoms. The molecule has 0 rings (SSSR count). The fourth-order valence-electron chi connectivity index (χ4n) is 2.61. The zero-order valence-electron chi connectivity index (χ0n) is 15.9. The van der Waals surface area contributed by atoms with Crippen molar-refractivity contribution in [2.45, 2.75) is 95.6 Å². The standard InChI is InChI=1S/C18H34O5S.K/c1-2-3-4-5-8-11-14-17(24(21,22)23)15-12-9-6-7-10-13-16-18(19)20;/h9,12,17H,2-8,10-11,13-16H2,1H3,(H,19,20)(H,21,22,23);/q;+1/p-2/b12-9+;. The molecule has 0 saturated heterocycles. The van der Waals surface area contributed by atoms with Crippen LogP contribution in [0, 0.1) is 0 Å². The summed E-state index contributed by atoms with van der Waals surface area (Å²) in [5.74, 6) is -1.02. The normalized spacial score (nSPS) is 12.9. The molecule has 0 N–H and O–H groups in total. The Kier molecular flexibility index (Phi) is 20.3. The van der Waals surface area contributed by atoms with Crippen LogP contribution in [0.1, 0.15) is 90.4 Å². The van der Waals surface area contributed by atoms with Crippen molar-refractivity contribution in [3.8, 4) is 0 Å². The number of carbonyl (C=O) groups excluding carboxylic acids is 1. The topological polar surface area (TPSA) is 97.3 Å². The van der Waals surface area contributed by atoms with E-state index in [0.29, 0.717) is 12.8 Å². The van der Waals surface area contributed by atoms with Gasteiger partial charge >= 0.3 is 51.4 Å². The third-order valence-corrected chi connectivity index (χ3v) is 5.35. The van der Waals surface area contributed by atoms with Crippen molar-refractivity contribution < 1.29 is 74.3 Å². The van der Waals surface area contributed by atoms with Crippen LogP contribution >= 0.6 is 0 Å². The maximum Gasteiger partial charge on any atom is 1.00 e. The molecular formula is C18H32KO5S-. The summed E-state index contributed by atoms with van der Waals surface area (Å²) in [5.41, 5.74) is 0. The van der Waals surface area contributed by atoms with Crippen LogP contribution in [-0.2, 0) is 14.9 Å². The van der Waals surface area contributed by atoms with Crippen molar-refractivity contribution in [3.05, 3.63) is 12.2 Å². The Labute approximate surface area is 196 Å². The quantitative estimate of drug-likeness (QED) is 0.161. The summed E-state index contributed by atoms with van der Waals surface area (Å²) >= 11 is 0. The number of allylic oxidation sites excluding steroid dienone is 2. The van der Waals surface area contributed by atoms with Crippen molar-refractivity contribution >= 4 is 16.1 Å². The van der Waals surface area contributed by atoms with Gasteiger partial charge in [-0.25, -0.2) is 8.42 Å². The second-order valence-corrected chi connectivity index (χ2v) is 8.00. The van der Waals surface area contributed by atoms with Gasteiger partial charge in [-0.05, 0) is 38.5 Å². The summed E-state index contributed by atoms with van der Waals surface area (Å²) in [6.07, 6.45) is 13.9. The van der Waals surface area contributed by atoms with Crippen LogP contribution in [-0.4, -0.2) is 24.2 Å². The largest absolute Gasteiger partial charge is 1.00 e. The van der Waals surface area contributed by atoms with Crippen LogP contribution in [0.5, 0.6) is 0 Å². The molecule has 0 spiro atoms. The van der Waals surface area contributed by atoms with Crippen molar-refractivity contribution in [1.29, 1.82) is 0 Å². The minimum absolute atomic E-state index is 0. The molecule has 0 amide bonds. The van der Waals surface area contributed by atoms with Crippen LogP contribution in [0.15, 0.2) is 12.2 Å². The molecule has 0 bridgehead atoms. The molecule has 0 aromatic carbocycles. The second kappa shape index (κ2) is 18.1. The fraction of sp³-hybridized carbons (Fsp3) is 0.833. The van der Waals surface area contributed by atoms with Gasteiger partial charge in [0, 0.05) is 5.97 Å². The van der Waals surface area contributed by atoms with E-state index in [1.54, 1.807) is 6.08 Å². The monoisotopic (exact) mass is 399 g/mol. The number of rotatable bonds is 16. The SMILES string of the molecule is CCCCCCCCC(C/C=C/CCCCCC(=O)[O-])S(=O)(=O)[O-].[K+]. The van der Waals surface area contributed by atoms with Gasteiger partial charge in [0.15, 0.2) is 0 Å². The first kappa shape index (κ1) is 28.0. The molecule has 0 aliphatic rings. The molecule has 5 nitrogen and oxygen atoms in total. The van der Waals surface area contributed by atoms with Gasteiger partial charge in [0.1, 0.15) is 0 Å². The van der Waals surface area contributed by atoms with Gasteiger partial charge in [-0.15, -0.1) is 0 Å². The van der Waals surface area contributed by atoms with Gasteiger partial charge in [0.2, 0.25) is 0 Å². The predicted octanol–water partition coefficient (Wildman–Crippen LogP) is 0.302. The molecule has 0 heterocycles. The number of carbonyl (C=O) groups is 1. The summed E-state index contributed by atoms with van der Waals surface area (Å²) in [6.45, 7) is 2.15. The van der Waals surface area contributed by atoms with Gasteiger partial charge in [-0.1, -0.05) is 64.0 Å². The molecule has 0 fully saturated rings. The van der Waals surface area contributed by atoms with Crippen molar-refractivity contribution in [3.63, 3.8) is 0 Å². The maximum atomic E-state index is 11.3. The molecule has 142 valence electrons. The van der Waals surface area contributed by atoms with Crippen LogP contribution in [0.3, 0.4) is 0 Å². The van der Waals surface area contributed by atoms with Crippen LogP contribution in [0.4, 0.5) is 0 Å². The number of hydrogen-bond donors (Lipinski definition) is 0. The van der Waals surface area contributed by atoms with E-state index < -0.39 is 21.3 Å². The first-order valence-corrected chi connectivity index (χ1v) is 10.6. The molecule has 0 saturated carbocycles. The van der Waals surface area contributed by atoms with Gasteiger partial charge in [0.25, 0.3) is 0 Å². The number of aliphatic carboxylic acids is 1. The van der Waals surface area contributed by atoms with Crippen molar-refractivity contribution in [2.24, 2.45) is 0 Å². The smallest absolute Gasteiger partial charge is 0.748 e. The van der Waals surface area contributed by atoms with Gasteiger partial charge < -0.3 is 14.5 Å². The molecule has 1 atom stereocenters. The van der Waals surface area contributed by atoms with Crippen LogP contribution in [0.2, 0.25) is 0 Å². The van der Waals surface area contributed by atoms with Crippen molar-refractivity contribution in [1.82, 2.24) is 0 Å². The molecule has 0 aliphatic carbocycles. The molecule has 1 unspecified atom stereocenters. The van der Waals surface area contributed by atoms with E-state index in [2.05, 4.69) is 6.92 Å². The third kappa shape index (κ3) is 19.3. The average molecular weight is 400 g/mol. The third-order valence-electron chi connectivity index (χ3n) is 4.11. The van der Waals surface area contributed by atoms with E-state index >= 15 is 0 Å². The zero-order chi connectivity index (χ0) is 18.3. The van der Waals surface area contributed by atoms with Crippen LogP contribution < -0.4 is 56.5 Å². The Bertz CT molecular complexity index is 448. The minimum Gasteiger partial charge on any atom is -0.748 e. The minimum atomic E-state index is -4.25. The number of carboxylic acid groups (broad SMARTS) is 1. The van der Waals surface area contributed by atoms with Gasteiger partial charge in [-0.2, -0.15) is 0 Å². The number of hydrogen-bond acceptors (Lipinski definition) is 5. The maximum absolute atomic E-state index is 11.3.